The third-order valence-corrected chi connectivity index (χ3v) is 5.83. The van der Waals surface area contributed by atoms with Crippen LogP contribution in [0, 0.1) is 6.92 Å². The van der Waals surface area contributed by atoms with Gasteiger partial charge in [-0.05, 0) is 55.3 Å². The largest absolute Gasteiger partial charge is 0.497 e. The third-order valence-electron chi connectivity index (χ3n) is 4.37. The van der Waals surface area contributed by atoms with Crippen molar-refractivity contribution in [2.24, 2.45) is 0 Å². The van der Waals surface area contributed by atoms with E-state index in [9.17, 15) is 0 Å². The number of rotatable bonds is 9. The lowest BCUT2D eigenvalue weighted by Gasteiger charge is -2.16. The third kappa shape index (κ3) is 5.34. The van der Waals surface area contributed by atoms with E-state index in [1.807, 2.05) is 60.9 Å². The summed E-state index contributed by atoms with van der Waals surface area (Å²) >= 11 is 7.73. The molecule has 0 saturated heterocycles. The lowest BCUT2D eigenvalue weighted by molar-refractivity contribution is 0.210. The second-order valence-corrected chi connectivity index (χ2v) is 7.90. The highest BCUT2D eigenvalue weighted by atomic mass is 35.5. The average Bonchev–Trinajstić information content (AvgIpc) is 3.12. The normalized spacial score (nSPS) is 11.9. The monoisotopic (exact) mass is 429 g/mol. The highest BCUT2D eigenvalue weighted by Crippen LogP contribution is 2.29. The number of benzene rings is 2. The van der Waals surface area contributed by atoms with E-state index in [-0.39, 0.29) is 6.10 Å². The van der Waals surface area contributed by atoms with Crippen LogP contribution in [0.4, 0.5) is 0 Å². The fraction of sp³-hybridized carbons (Fsp3) is 0.273. The molecule has 3 aromatic rings. The number of hydrogen-bond acceptors (Lipinski definition) is 5. The number of thioether (sulfide) groups is 1. The summed E-state index contributed by atoms with van der Waals surface area (Å²) in [6.07, 6.45) is 1.57. The minimum atomic E-state index is -0.269. The molecule has 0 aliphatic rings. The Morgan fingerprint density at radius 3 is 2.76 bits per heavy atom. The zero-order chi connectivity index (χ0) is 20.8. The molecule has 5 nitrogen and oxygen atoms in total. The van der Waals surface area contributed by atoms with Crippen LogP contribution in [0.3, 0.4) is 0 Å². The highest BCUT2D eigenvalue weighted by molar-refractivity contribution is 7.98. The van der Waals surface area contributed by atoms with Crippen LogP contribution >= 0.6 is 23.4 Å². The van der Waals surface area contributed by atoms with E-state index in [1.54, 1.807) is 18.9 Å². The second kappa shape index (κ2) is 9.85. The highest BCUT2D eigenvalue weighted by Gasteiger charge is 2.19. The minimum Gasteiger partial charge on any atom is -0.497 e. The molecular formula is C22H24ClN3O2S. The van der Waals surface area contributed by atoms with Gasteiger partial charge < -0.3 is 9.47 Å². The van der Waals surface area contributed by atoms with Crippen molar-refractivity contribution >= 4 is 23.4 Å². The zero-order valence-corrected chi connectivity index (χ0v) is 18.3. The molecule has 0 saturated carbocycles. The molecule has 0 spiro atoms. The summed E-state index contributed by atoms with van der Waals surface area (Å²) in [5.74, 6) is 3.11. The second-order valence-electron chi connectivity index (χ2n) is 6.55. The average molecular weight is 430 g/mol. The van der Waals surface area contributed by atoms with E-state index in [0.717, 1.165) is 44.4 Å². The van der Waals surface area contributed by atoms with Gasteiger partial charge in [-0.25, -0.2) is 0 Å². The standard InChI is InChI=1S/C22H24ClN3O2S/c1-5-11-26-21(16(3)28-19-9-10-20(23)15(2)12-19)24-25-22(26)29-14-17-7-6-8-18(13-17)27-4/h5-10,12-13,16H,1,11,14H2,2-4H3. The first-order valence-corrected chi connectivity index (χ1v) is 10.6. The van der Waals surface area contributed by atoms with Gasteiger partial charge in [-0.3, -0.25) is 4.57 Å². The Morgan fingerprint density at radius 2 is 2.03 bits per heavy atom. The van der Waals surface area contributed by atoms with Gasteiger partial charge in [0.2, 0.25) is 0 Å². The van der Waals surface area contributed by atoms with Crippen molar-refractivity contribution in [1.82, 2.24) is 14.8 Å². The summed E-state index contributed by atoms with van der Waals surface area (Å²) in [5.41, 5.74) is 2.13. The summed E-state index contributed by atoms with van der Waals surface area (Å²) in [4.78, 5) is 0. The molecular weight excluding hydrogens is 406 g/mol. The Labute approximate surface area is 180 Å². The Bertz CT molecular complexity index is 990. The molecule has 1 aromatic heterocycles. The van der Waals surface area contributed by atoms with Gasteiger partial charge in [-0.1, -0.05) is 41.6 Å². The van der Waals surface area contributed by atoms with E-state index in [2.05, 4.69) is 22.8 Å². The Hall–Kier alpha value is -2.44. The number of aryl methyl sites for hydroxylation is 1. The molecule has 0 amide bonds. The van der Waals surface area contributed by atoms with Crippen LogP contribution in [0.25, 0.3) is 0 Å². The quantitative estimate of drug-likeness (QED) is 0.314. The topological polar surface area (TPSA) is 49.2 Å². The smallest absolute Gasteiger partial charge is 0.191 e. The number of hydrogen-bond donors (Lipinski definition) is 0. The maximum absolute atomic E-state index is 6.10. The lowest BCUT2D eigenvalue weighted by atomic mass is 10.2. The molecule has 1 atom stereocenters. The molecule has 0 aliphatic carbocycles. The predicted molar refractivity (Wildman–Crippen MR) is 118 cm³/mol. The first-order chi connectivity index (χ1) is 14.0. The Kier molecular flexibility index (Phi) is 7.23. The first kappa shape index (κ1) is 21.3. The molecule has 29 heavy (non-hydrogen) atoms. The van der Waals surface area contributed by atoms with Gasteiger partial charge in [0.25, 0.3) is 0 Å². The number of ether oxygens (including phenoxy) is 2. The molecule has 0 bridgehead atoms. The van der Waals surface area contributed by atoms with Crippen molar-refractivity contribution in [2.75, 3.05) is 7.11 Å². The van der Waals surface area contributed by atoms with Crippen LogP contribution in [0.5, 0.6) is 11.5 Å². The lowest BCUT2D eigenvalue weighted by Crippen LogP contribution is -2.12. The minimum absolute atomic E-state index is 0.269. The summed E-state index contributed by atoms with van der Waals surface area (Å²) in [6, 6.07) is 13.6. The summed E-state index contributed by atoms with van der Waals surface area (Å²) < 4.78 is 13.4. The van der Waals surface area contributed by atoms with Crippen LogP contribution in [0.15, 0.2) is 60.3 Å². The van der Waals surface area contributed by atoms with Gasteiger partial charge >= 0.3 is 0 Å². The fourth-order valence-corrected chi connectivity index (χ4v) is 3.88. The maximum Gasteiger partial charge on any atom is 0.191 e. The summed E-state index contributed by atoms with van der Waals surface area (Å²) in [5, 5.41) is 10.3. The van der Waals surface area contributed by atoms with Crippen molar-refractivity contribution < 1.29 is 9.47 Å². The van der Waals surface area contributed by atoms with Crippen LogP contribution in [-0.4, -0.2) is 21.9 Å². The predicted octanol–water partition coefficient (Wildman–Crippen LogP) is 5.87. The molecule has 1 unspecified atom stereocenters. The number of halogens is 1. The maximum atomic E-state index is 6.10. The van der Waals surface area contributed by atoms with Crippen LogP contribution in [0.2, 0.25) is 5.02 Å². The van der Waals surface area contributed by atoms with E-state index in [4.69, 9.17) is 21.1 Å². The SMILES string of the molecule is C=CCn1c(SCc2cccc(OC)c2)nnc1C(C)Oc1ccc(Cl)c(C)c1. The zero-order valence-electron chi connectivity index (χ0n) is 16.8. The van der Waals surface area contributed by atoms with E-state index < -0.39 is 0 Å². The molecule has 0 radical (unpaired) electrons. The van der Waals surface area contributed by atoms with E-state index >= 15 is 0 Å². The van der Waals surface area contributed by atoms with Gasteiger partial charge in [-0.2, -0.15) is 0 Å². The Morgan fingerprint density at radius 1 is 1.21 bits per heavy atom. The van der Waals surface area contributed by atoms with Crippen molar-refractivity contribution in [1.29, 1.82) is 0 Å². The van der Waals surface area contributed by atoms with Gasteiger partial charge in [0.05, 0.1) is 7.11 Å². The number of nitrogens with zero attached hydrogens (tertiary/aromatic N) is 3. The Balaban J connectivity index is 1.76. The molecule has 0 aliphatic heterocycles. The summed E-state index contributed by atoms with van der Waals surface area (Å²) in [6.45, 7) is 8.39. The molecule has 3 rings (SSSR count). The molecule has 152 valence electrons. The van der Waals surface area contributed by atoms with Crippen molar-refractivity contribution in [2.45, 2.75) is 37.4 Å². The summed E-state index contributed by atoms with van der Waals surface area (Å²) in [7, 11) is 1.67. The van der Waals surface area contributed by atoms with Crippen molar-refractivity contribution in [3.8, 4) is 11.5 Å². The van der Waals surface area contributed by atoms with Gasteiger partial charge in [0.15, 0.2) is 17.1 Å². The molecule has 0 fully saturated rings. The van der Waals surface area contributed by atoms with Crippen LogP contribution in [-0.2, 0) is 12.3 Å². The van der Waals surface area contributed by atoms with Gasteiger partial charge in [-0.15, -0.1) is 16.8 Å². The fourth-order valence-electron chi connectivity index (χ4n) is 2.87. The molecule has 1 heterocycles. The molecule has 2 aromatic carbocycles. The molecule has 0 N–H and O–H groups in total. The van der Waals surface area contributed by atoms with Crippen molar-refractivity contribution in [3.63, 3.8) is 0 Å². The van der Waals surface area contributed by atoms with Crippen LogP contribution < -0.4 is 9.47 Å². The van der Waals surface area contributed by atoms with E-state index in [1.165, 1.54) is 0 Å². The molecule has 7 heteroatoms. The van der Waals surface area contributed by atoms with E-state index in [0.29, 0.717) is 6.54 Å². The van der Waals surface area contributed by atoms with Gasteiger partial charge in [0, 0.05) is 17.3 Å². The number of aromatic nitrogens is 3. The number of methoxy groups -OCH3 is 1. The van der Waals surface area contributed by atoms with Crippen molar-refractivity contribution in [3.05, 3.63) is 77.1 Å². The van der Waals surface area contributed by atoms with Crippen LogP contribution in [0.1, 0.15) is 30.0 Å². The number of allylic oxidation sites excluding steroid dienone is 1. The van der Waals surface area contributed by atoms with Gasteiger partial charge in [0.1, 0.15) is 11.5 Å². The first-order valence-electron chi connectivity index (χ1n) is 9.24.